The number of hydrogen-bond donors (Lipinski definition) is 1. The zero-order chi connectivity index (χ0) is 14.4. The van der Waals surface area contributed by atoms with E-state index < -0.39 is 11.6 Å². The van der Waals surface area contributed by atoms with Crippen LogP contribution >= 0.6 is 0 Å². The quantitative estimate of drug-likeness (QED) is 0.697. The molecule has 0 aliphatic heterocycles. The second-order valence-corrected chi connectivity index (χ2v) is 5.12. The van der Waals surface area contributed by atoms with E-state index in [9.17, 15) is 8.78 Å². The number of nitrogens with zero attached hydrogens (tertiary/aromatic N) is 1. The first-order chi connectivity index (χ1) is 9.47. The van der Waals surface area contributed by atoms with Crippen LogP contribution in [0.25, 0.3) is 22.4 Å². The van der Waals surface area contributed by atoms with Crippen molar-refractivity contribution in [2.45, 2.75) is 20.8 Å². The molecule has 0 aliphatic rings. The highest BCUT2D eigenvalue weighted by atomic mass is 19.1. The van der Waals surface area contributed by atoms with Crippen LogP contribution in [0.1, 0.15) is 16.7 Å². The number of nitrogens with one attached hydrogen (secondary N) is 1. The second kappa shape index (κ2) is 4.40. The molecule has 0 radical (unpaired) electrons. The number of aromatic amines is 1. The zero-order valence-electron chi connectivity index (χ0n) is 11.5. The molecule has 0 atom stereocenters. The first-order valence-electron chi connectivity index (χ1n) is 6.39. The normalized spacial score (nSPS) is 11.2. The van der Waals surface area contributed by atoms with E-state index in [1.54, 1.807) is 6.92 Å². The highest BCUT2D eigenvalue weighted by Crippen LogP contribution is 2.29. The summed E-state index contributed by atoms with van der Waals surface area (Å²) in [4.78, 5) is 7.36. The molecule has 1 aromatic heterocycles. The Kier molecular flexibility index (Phi) is 2.82. The average Bonchev–Trinajstić information content (AvgIpc) is 2.78. The van der Waals surface area contributed by atoms with Gasteiger partial charge >= 0.3 is 0 Å². The topological polar surface area (TPSA) is 28.7 Å². The molecule has 0 bridgehead atoms. The van der Waals surface area contributed by atoms with Crippen LogP contribution in [0.2, 0.25) is 0 Å². The summed E-state index contributed by atoms with van der Waals surface area (Å²) < 4.78 is 28.1. The van der Waals surface area contributed by atoms with Crippen LogP contribution in [-0.4, -0.2) is 9.97 Å². The fourth-order valence-electron chi connectivity index (χ4n) is 2.46. The van der Waals surface area contributed by atoms with Crippen molar-refractivity contribution in [1.29, 1.82) is 0 Å². The van der Waals surface area contributed by atoms with Crippen molar-refractivity contribution in [3.63, 3.8) is 0 Å². The Hall–Kier alpha value is -2.23. The van der Waals surface area contributed by atoms with Gasteiger partial charge in [-0.1, -0.05) is 12.1 Å². The van der Waals surface area contributed by atoms with Gasteiger partial charge in [0.05, 0.1) is 16.6 Å². The second-order valence-electron chi connectivity index (χ2n) is 5.12. The van der Waals surface area contributed by atoms with Crippen LogP contribution in [0.4, 0.5) is 8.78 Å². The lowest BCUT2D eigenvalue weighted by Gasteiger charge is -2.03. The lowest BCUT2D eigenvalue weighted by atomic mass is 10.1. The van der Waals surface area contributed by atoms with E-state index in [4.69, 9.17) is 0 Å². The zero-order valence-corrected chi connectivity index (χ0v) is 11.5. The summed E-state index contributed by atoms with van der Waals surface area (Å²) in [6.07, 6.45) is 0. The maximum atomic E-state index is 14.2. The fourth-order valence-corrected chi connectivity index (χ4v) is 2.46. The maximum absolute atomic E-state index is 14.2. The number of halogens is 2. The first-order valence-corrected chi connectivity index (χ1v) is 6.39. The number of benzene rings is 2. The van der Waals surface area contributed by atoms with Crippen LogP contribution in [0, 0.1) is 32.4 Å². The molecule has 1 N–H and O–H groups in total. The van der Waals surface area contributed by atoms with Gasteiger partial charge in [0.25, 0.3) is 0 Å². The van der Waals surface area contributed by atoms with Crippen molar-refractivity contribution in [2.75, 3.05) is 0 Å². The number of imidazole rings is 1. The summed E-state index contributed by atoms with van der Waals surface area (Å²) in [6.45, 7) is 5.51. The minimum Gasteiger partial charge on any atom is -0.338 e. The number of fused-ring (bicyclic) bond motifs is 1. The van der Waals surface area contributed by atoms with Crippen molar-refractivity contribution < 1.29 is 8.78 Å². The average molecular weight is 272 g/mol. The van der Waals surface area contributed by atoms with Crippen LogP contribution < -0.4 is 0 Å². The molecule has 2 nitrogen and oxygen atoms in total. The van der Waals surface area contributed by atoms with Gasteiger partial charge in [0.2, 0.25) is 0 Å². The fraction of sp³-hybridized carbons (Fsp3) is 0.188. The molecular formula is C16H14F2N2. The number of H-pyrrole nitrogens is 1. The highest BCUT2D eigenvalue weighted by molar-refractivity contribution is 5.83. The standard InChI is InChI=1S/C16H14F2N2/c1-8-6-10(3)15-12(7-8)19-16(20-15)13-11(17)5-4-9(2)14(13)18/h4-7H,1-3H3,(H,19,20). The molecule has 102 valence electrons. The van der Waals surface area contributed by atoms with Crippen LogP contribution in [0.5, 0.6) is 0 Å². The molecule has 20 heavy (non-hydrogen) atoms. The van der Waals surface area contributed by atoms with E-state index in [1.807, 2.05) is 26.0 Å². The molecule has 1 heterocycles. The summed E-state index contributed by atoms with van der Waals surface area (Å²) >= 11 is 0. The van der Waals surface area contributed by atoms with Gasteiger partial charge in [0, 0.05) is 0 Å². The van der Waals surface area contributed by atoms with Gasteiger partial charge in [-0.3, -0.25) is 0 Å². The van der Waals surface area contributed by atoms with Crippen molar-refractivity contribution >= 4 is 11.0 Å². The summed E-state index contributed by atoms with van der Waals surface area (Å²) in [5.74, 6) is -0.952. The summed E-state index contributed by atoms with van der Waals surface area (Å²) in [7, 11) is 0. The van der Waals surface area contributed by atoms with Crippen LogP contribution in [0.15, 0.2) is 24.3 Å². The van der Waals surface area contributed by atoms with Gasteiger partial charge in [-0.05, 0) is 49.6 Å². The minimum atomic E-state index is -0.610. The highest BCUT2D eigenvalue weighted by Gasteiger charge is 2.17. The molecule has 3 aromatic rings. The molecule has 0 amide bonds. The Morgan fingerprint density at radius 3 is 2.50 bits per heavy atom. The Morgan fingerprint density at radius 1 is 1.00 bits per heavy atom. The van der Waals surface area contributed by atoms with Crippen molar-refractivity contribution in [3.8, 4) is 11.4 Å². The molecule has 4 heteroatoms. The monoisotopic (exact) mass is 272 g/mol. The molecule has 0 fully saturated rings. The molecule has 0 saturated carbocycles. The predicted molar refractivity (Wildman–Crippen MR) is 75.7 cm³/mol. The number of aryl methyl sites for hydroxylation is 3. The molecular weight excluding hydrogens is 258 g/mol. The van der Waals surface area contributed by atoms with Gasteiger partial charge in [-0.25, -0.2) is 13.8 Å². The third-order valence-electron chi connectivity index (χ3n) is 3.44. The van der Waals surface area contributed by atoms with E-state index in [2.05, 4.69) is 9.97 Å². The van der Waals surface area contributed by atoms with E-state index in [0.717, 1.165) is 22.2 Å². The lowest BCUT2D eigenvalue weighted by molar-refractivity contribution is 0.582. The van der Waals surface area contributed by atoms with E-state index in [-0.39, 0.29) is 11.4 Å². The molecule has 0 spiro atoms. The van der Waals surface area contributed by atoms with E-state index in [1.165, 1.54) is 12.1 Å². The van der Waals surface area contributed by atoms with Gasteiger partial charge in [-0.15, -0.1) is 0 Å². The molecule has 0 aliphatic carbocycles. The van der Waals surface area contributed by atoms with E-state index in [0.29, 0.717) is 5.56 Å². The van der Waals surface area contributed by atoms with Gasteiger partial charge in [-0.2, -0.15) is 0 Å². The largest absolute Gasteiger partial charge is 0.338 e. The van der Waals surface area contributed by atoms with Crippen molar-refractivity contribution in [1.82, 2.24) is 9.97 Å². The molecule has 0 saturated heterocycles. The van der Waals surface area contributed by atoms with Crippen LogP contribution in [0.3, 0.4) is 0 Å². The van der Waals surface area contributed by atoms with Gasteiger partial charge in [0.15, 0.2) is 0 Å². The van der Waals surface area contributed by atoms with Crippen molar-refractivity contribution in [3.05, 3.63) is 52.6 Å². The molecule has 2 aromatic carbocycles. The Morgan fingerprint density at radius 2 is 1.75 bits per heavy atom. The summed E-state index contributed by atoms with van der Waals surface area (Å²) in [5.41, 5.74) is 3.89. The molecule has 3 rings (SSSR count). The summed E-state index contributed by atoms with van der Waals surface area (Å²) in [5, 5.41) is 0. The Bertz CT molecular complexity index is 819. The number of hydrogen-bond acceptors (Lipinski definition) is 1. The Balaban J connectivity index is 2.31. The third-order valence-corrected chi connectivity index (χ3v) is 3.44. The minimum absolute atomic E-state index is 0.0988. The number of aromatic nitrogens is 2. The van der Waals surface area contributed by atoms with Crippen molar-refractivity contribution in [2.24, 2.45) is 0 Å². The number of rotatable bonds is 1. The third kappa shape index (κ3) is 1.88. The van der Waals surface area contributed by atoms with Crippen LogP contribution in [-0.2, 0) is 0 Å². The smallest absolute Gasteiger partial charge is 0.144 e. The van der Waals surface area contributed by atoms with Gasteiger partial charge in [0.1, 0.15) is 17.5 Å². The maximum Gasteiger partial charge on any atom is 0.144 e. The predicted octanol–water partition coefficient (Wildman–Crippen LogP) is 4.43. The first kappa shape index (κ1) is 12.8. The SMILES string of the molecule is Cc1cc(C)c2nc(-c3c(F)ccc(C)c3F)[nH]c2c1. The van der Waals surface area contributed by atoms with E-state index >= 15 is 0 Å². The molecule has 0 unspecified atom stereocenters. The van der Waals surface area contributed by atoms with Gasteiger partial charge < -0.3 is 4.98 Å². The lowest BCUT2D eigenvalue weighted by Crippen LogP contribution is -1.94. The Labute approximate surface area is 115 Å². The summed E-state index contributed by atoms with van der Waals surface area (Å²) in [6, 6.07) is 6.60.